The van der Waals surface area contributed by atoms with E-state index in [1.54, 1.807) is 30.3 Å². The van der Waals surface area contributed by atoms with Crippen LogP contribution in [0.1, 0.15) is 36.6 Å². The van der Waals surface area contributed by atoms with Crippen molar-refractivity contribution in [1.82, 2.24) is 5.32 Å². The van der Waals surface area contributed by atoms with Gasteiger partial charge in [-0.25, -0.2) is 4.90 Å². The maximum Gasteiger partial charge on any atom is 0.266 e. The number of imide groups is 1. The summed E-state index contributed by atoms with van der Waals surface area (Å²) in [6, 6.07) is 22.9. The van der Waals surface area contributed by atoms with E-state index in [1.165, 1.54) is 12.1 Å². The Morgan fingerprint density at radius 1 is 0.778 bits per heavy atom. The van der Waals surface area contributed by atoms with Crippen molar-refractivity contribution in [2.45, 2.75) is 6.54 Å². The molecule has 0 fully saturated rings. The SMILES string of the molecule is O=C(NCc1ccccc1)c1ccc2c(c1)C(=O)N(c1ccccc1)C2=O. The molecule has 0 saturated heterocycles. The standard InChI is InChI=1S/C22H16N2O3/c25-20(23-14-15-7-3-1-4-8-15)16-11-12-18-19(13-16)22(27)24(21(18)26)17-9-5-2-6-10-17/h1-13H,14H2,(H,23,25). The highest BCUT2D eigenvalue weighted by molar-refractivity contribution is 6.34. The molecule has 0 radical (unpaired) electrons. The van der Waals surface area contributed by atoms with Gasteiger partial charge in [0.25, 0.3) is 17.7 Å². The van der Waals surface area contributed by atoms with Crippen molar-refractivity contribution < 1.29 is 14.4 Å². The molecule has 1 N–H and O–H groups in total. The molecule has 0 unspecified atom stereocenters. The minimum absolute atomic E-state index is 0.246. The first-order valence-electron chi connectivity index (χ1n) is 8.55. The molecule has 1 aliphatic rings. The topological polar surface area (TPSA) is 66.5 Å². The zero-order valence-corrected chi connectivity index (χ0v) is 14.4. The Kier molecular flexibility index (Phi) is 4.26. The van der Waals surface area contributed by atoms with Gasteiger partial charge in [-0.1, -0.05) is 48.5 Å². The van der Waals surface area contributed by atoms with Gasteiger partial charge in [-0.2, -0.15) is 0 Å². The lowest BCUT2D eigenvalue weighted by Crippen LogP contribution is -2.29. The lowest BCUT2D eigenvalue weighted by molar-refractivity contribution is 0.0923. The van der Waals surface area contributed by atoms with E-state index in [0.717, 1.165) is 10.5 Å². The summed E-state index contributed by atoms with van der Waals surface area (Å²) in [4.78, 5) is 38.9. The monoisotopic (exact) mass is 356 g/mol. The summed E-state index contributed by atoms with van der Waals surface area (Å²) in [5, 5.41) is 2.83. The Labute approximate surface area is 156 Å². The molecule has 5 heteroatoms. The normalized spacial score (nSPS) is 12.8. The predicted molar refractivity (Wildman–Crippen MR) is 102 cm³/mol. The second kappa shape index (κ2) is 6.88. The molecule has 132 valence electrons. The third kappa shape index (κ3) is 3.11. The van der Waals surface area contributed by atoms with E-state index in [4.69, 9.17) is 0 Å². The second-order valence-corrected chi connectivity index (χ2v) is 6.21. The summed E-state index contributed by atoms with van der Waals surface area (Å²) in [5.41, 5.74) is 2.40. The maximum absolute atomic E-state index is 12.7. The van der Waals surface area contributed by atoms with E-state index in [1.807, 2.05) is 36.4 Å². The summed E-state index contributed by atoms with van der Waals surface area (Å²) in [5.74, 6) is -1.09. The molecule has 3 aromatic carbocycles. The van der Waals surface area contributed by atoms with Crippen LogP contribution in [0.15, 0.2) is 78.9 Å². The van der Waals surface area contributed by atoms with Crippen LogP contribution in [0.25, 0.3) is 0 Å². The van der Waals surface area contributed by atoms with Crippen molar-refractivity contribution in [1.29, 1.82) is 0 Å². The average Bonchev–Trinajstić information content (AvgIpc) is 2.97. The van der Waals surface area contributed by atoms with Crippen LogP contribution < -0.4 is 10.2 Å². The van der Waals surface area contributed by atoms with Crippen molar-refractivity contribution in [2.75, 3.05) is 4.90 Å². The van der Waals surface area contributed by atoms with Crippen LogP contribution in [-0.4, -0.2) is 17.7 Å². The number of carbonyl (C=O) groups excluding carboxylic acids is 3. The van der Waals surface area contributed by atoms with E-state index in [2.05, 4.69) is 5.32 Å². The zero-order chi connectivity index (χ0) is 18.8. The minimum Gasteiger partial charge on any atom is -0.348 e. The summed E-state index contributed by atoms with van der Waals surface area (Å²) in [6.45, 7) is 0.389. The Balaban J connectivity index is 1.56. The largest absolute Gasteiger partial charge is 0.348 e. The quantitative estimate of drug-likeness (QED) is 0.729. The lowest BCUT2D eigenvalue weighted by atomic mass is 10.1. The molecule has 0 spiro atoms. The molecule has 0 aliphatic carbocycles. The smallest absolute Gasteiger partial charge is 0.266 e. The molecule has 0 saturated carbocycles. The highest BCUT2D eigenvalue weighted by Gasteiger charge is 2.37. The lowest BCUT2D eigenvalue weighted by Gasteiger charge is -2.13. The van der Waals surface area contributed by atoms with Crippen LogP contribution in [-0.2, 0) is 6.54 Å². The van der Waals surface area contributed by atoms with Gasteiger partial charge in [0.05, 0.1) is 16.8 Å². The molecule has 3 aromatic rings. The molecule has 0 aromatic heterocycles. The second-order valence-electron chi connectivity index (χ2n) is 6.21. The maximum atomic E-state index is 12.7. The number of amides is 3. The predicted octanol–water partition coefficient (Wildman–Crippen LogP) is 3.42. The number of rotatable bonds is 4. The van der Waals surface area contributed by atoms with E-state index >= 15 is 0 Å². The Morgan fingerprint density at radius 3 is 2.11 bits per heavy atom. The van der Waals surface area contributed by atoms with Gasteiger partial charge in [-0.3, -0.25) is 14.4 Å². The molecule has 3 amide bonds. The van der Waals surface area contributed by atoms with E-state index in [0.29, 0.717) is 23.4 Å². The number of benzene rings is 3. The van der Waals surface area contributed by atoms with E-state index < -0.39 is 5.91 Å². The first kappa shape index (κ1) is 16.7. The molecule has 0 atom stereocenters. The Hall–Kier alpha value is -3.73. The molecule has 27 heavy (non-hydrogen) atoms. The fourth-order valence-corrected chi connectivity index (χ4v) is 3.07. The number of carbonyl (C=O) groups is 3. The van der Waals surface area contributed by atoms with Gasteiger partial charge in [-0.05, 0) is 35.9 Å². The summed E-state index contributed by atoms with van der Waals surface area (Å²) in [6.07, 6.45) is 0. The highest BCUT2D eigenvalue weighted by Crippen LogP contribution is 2.28. The molecular formula is C22H16N2O3. The molecule has 0 bridgehead atoms. The number of nitrogens with zero attached hydrogens (tertiary/aromatic N) is 1. The van der Waals surface area contributed by atoms with Crippen LogP contribution in [0, 0.1) is 0 Å². The third-order valence-electron chi connectivity index (χ3n) is 4.46. The summed E-state index contributed by atoms with van der Waals surface area (Å²) in [7, 11) is 0. The van der Waals surface area contributed by atoms with Crippen LogP contribution in [0.2, 0.25) is 0 Å². The minimum atomic E-state index is -0.418. The molecule has 4 rings (SSSR count). The van der Waals surface area contributed by atoms with Gasteiger partial charge in [0.15, 0.2) is 0 Å². The van der Waals surface area contributed by atoms with Crippen LogP contribution in [0.5, 0.6) is 0 Å². The highest BCUT2D eigenvalue weighted by atomic mass is 16.2. The van der Waals surface area contributed by atoms with Crippen molar-refractivity contribution >= 4 is 23.4 Å². The van der Waals surface area contributed by atoms with Gasteiger partial charge in [0.2, 0.25) is 0 Å². The van der Waals surface area contributed by atoms with E-state index in [9.17, 15) is 14.4 Å². The van der Waals surface area contributed by atoms with Crippen molar-refractivity contribution in [3.05, 3.63) is 101 Å². The number of hydrogen-bond donors (Lipinski definition) is 1. The van der Waals surface area contributed by atoms with Crippen molar-refractivity contribution in [3.63, 3.8) is 0 Å². The Bertz CT molecular complexity index is 1030. The van der Waals surface area contributed by atoms with Crippen molar-refractivity contribution in [3.8, 4) is 0 Å². The van der Waals surface area contributed by atoms with Gasteiger partial charge in [0.1, 0.15) is 0 Å². The van der Waals surface area contributed by atoms with Crippen LogP contribution >= 0.6 is 0 Å². The number of para-hydroxylation sites is 1. The van der Waals surface area contributed by atoms with Gasteiger partial charge in [0, 0.05) is 12.1 Å². The molecular weight excluding hydrogens is 340 g/mol. The number of hydrogen-bond acceptors (Lipinski definition) is 3. The van der Waals surface area contributed by atoms with Gasteiger partial charge >= 0.3 is 0 Å². The molecule has 5 nitrogen and oxygen atoms in total. The molecule has 1 aliphatic heterocycles. The Morgan fingerprint density at radius 2 is 1.41 bits per heavy atom. The fourth-order valence-electron chi connectivity index (χ4n) is 3.07. The molecule has 1 heterocycles. The number of fused-ring (bicyclic) bond motifs is 1. The van der Waals surface area contributed by atoms with Gasteiger partial charge < -0.3 is 5.32 Å². The average molecular weight is 356 g/mol. The number of anilines is 1. The third-order valence-corrected chi connectivity index (χ3v) is 4.46. The van der Waals surface area contributed by atoms with Crippen LogP contribution in [0.4, 0.5) is 5.69 Å². The summed E-state index contributed by atoms with van der Waals surface area (Å²) >= 11 is 0. The van der Waals surface area contributed by atoms with Gasteiger partial charge in [-0.15, -0.1) is 0 Å². The first-order valence-corrected chi connectivity index (χ1v) is 8.55. The first-order chi connectivity index (χ1) is 13.1. The zero-order valence-electron chi connectivity index (χ0n) is 14.4. The van der Waals surface area contributed by atoms with Crippen molar-refractivity contribution in [2.24, 2.45) is 0 Å². The van der Waals surface area contributed by atoms with Crippen LogP contribution in [0.3, 0.4) is 0 Å². The summed E-state index contributed by atoms with van der Waals surface area (Å²) < 4.78 is 0. The number of nitrogens with one attached hydrogen (secondary N) is 1. The van der Waals surface area contributed by atoms with E-state index in [-0.39, 0.29) is 17.4 Å². The fraction of sp³-hybridized carbons (Fsp3) is 0.0455.